The monoisotopic (exact) mass is 375 g/mol. The molecule has 1 heterocycles. The van der Waals surface area contributed by atoms with E-state index >= 15 is 0 Å². The Morgan fingerprint density at radius 2 is 2.04 bits per heavy atom. The summed E-state index contributed by atoms with van der Waals surface area (Å²) in [4.78, 5) is 10.8. The molecule has 2 aromatic rings. The van der Waals surface area contributed by atoms with E-state index in [2.05, 4.69) is 45.9 Å². The van der Waals surface area contributed by atoms with Crippen LogP contribution in [0, 0.1) is 0 Å². The van der Waals surface area contributed by atoms with E-state index in [0.29, 0.717) is 25.6 Å². The standard InChI is InChI=1S/C19H29N5OS/c1-14(2)16-8-6-7-9-17(16)25-11-10-21-18(20-3)22-12-15-13-26-19(23-15)24(4)5/h6-9,13-14H,10-12H2,1-5H3,(H2,20,21,22). The molecule has 0 unspecified atom stereocenters. The van der Waals surface area contributed by atoms with Crippen molar-refractivity contribution in [3.63, 3.8) is 0 Å². The zero-order valence-corrected chi connectivity index (χ0v) is 17.1. The summed E-state index contributed by atoms with van der Waals surface area (Å²) < 4.78 is 5.92. The summed E-state index contributed by atoms with van der Waals surface area (Å²) in [6.45, 7) is 6.23. The fraction of sp³-hybridized carbons (Fsp3) is 0.474. The number of nitrogens with one attached hydrogen (secondary N) is 2. The van der Waals surface area contributed by atoms with Gasteiger partial charge in [-0.2, -0.15) is 0 Å². The van der Waals surface area contributed by atoms with Crippen molar-refractivity contribution in [2.45, 2.75) is 26.3 Å². The minimum absolute atomic E-state index is 0.443. The Balaban J connectivity index is 1.75. The van der Waals surface area contributed by atoms with Crippen LogP contribution in [0.1, 0.15) is 31.0 Å². The summed E-state index contributed by atoms with van der Waals surface area (Å²) in [7, 11) is 5.75. The number of para-hydroxylation sites is 1. The summed E-state index contributed by atoms with van der Waals surface area (Å²) in [6.07, 6.45) is 0. The molecule has 0 saturated carbocycles. The summed E-state index contributed by atoms with van der Waals surface area (Å²) >= 11 is 1.63. The third-order valence-corrected chi connectivity index (χ3v) is 4.83. The topological polar surface area (TPSA) is 61.8 Å². The van der Waals surface area contributed by atoms with Crippen molar-refractivity contribution in [3.05, 3.63) is 40.9 Å². The summed E-state index contributed by atoms with van der Waals surface area (Å²) in [5.41, 5.74) is 2.24. The fourth-order valence-electron chi connectivity index (χ4n) is 2.40. The molecule has 0 fully saturated rings. The first-order valence-electron chi connectivity index (χ1n) is 8.79. The molecule has 0 aliphatic heterocycles. The predicted molar refractivity (Wildman–Crippen MR) is 111 cm³/mol. The Morgan fingerprint density at radius 3 is 2.69 bits per heavy atom. The van der Waals surface area contributed by atoms with Crippen LogP contribution >= 0.6 is 11.3 Å². The predicted octanol–water partition coefficient (Wildman–Crippen LogP) is 3.08. The Labute approximate surface area is 160 Å². The lowest BCUT2D eigenvalue weighted by Crippen LogP contribution is -2.39. The summed E-state index contributed by atoms with van der Waals surface area (Å²) in [5.74, 6) is 2.13. The second-order valence-electron chi connectivity index (χ2n) is 6.41. The van der Waals surface area contributed by atoms with Crippen molar-refractivity contribution in [1.82, 2.24) is 15.6 Å². The molecule has 7 heteroatoms. The molecular formula is C19H29N5OS. The van der Waals surface area contributed by atoms with E-state index in [4.69, 9.17) is 4.74 Å². The highest BCUT2D eigenvalue weighted by Gasteiger charge is 2.07. The van der Waals surface area contributed by atoms with Crippen LogP contribution in [0.25, 0.3) is 0 Å². The van der Waals surface area contributed by atoms with Crippen LogP contribution < -0.4 is 20.3 Å². The molecule has 0 aliphatic carbocycles. The maximum Gasteiger partial charge on any atom is 0.191 e. The molecule has 1 aromatic heterocycles. The normalized spacial score (nSPS) is 11.5. The summed E-state index contributed by atoms with van der Waals surface area (Å²) in [5, 5.41) is 9.60. The van der Waals surface area contributed by atoms with Gasteiger partial charge in [0.05, 0.1) is 18.8 Å². The molecule has 0 atom stereocenters. The van der Waals surface area contributed by atoms with Crippen LogP contribution in [0.4, 0.5) is 5.13 Å². The molecule has 0 aliphatic rings. The third-order valence-electron chi connectivity index (χ3n) is 3.78. The maximum atomic E-state index is 5.92. The lowest BCUT2D eigenvalue weighted by atomic mass is 10.0. The number of aliphatic imine (C=N–C) groups is 1. The van der Waals surface area contributed by atoms with Gasteiger partial charge in [-0.05, 0) is 17.5 Å². The van der Waals surface area contributed by atoms with Gasteiger partial charge >= 0.3 is 0 Å². The quantitative estimate of drug-likeness (QED) is 0.422. The molecule has 6 nitrogen and oxygen atoms in total. The highest BCUT2D eigenvalue weighted by Crippen LogP contribution is 2.25. The van der Waals surface area contributed by atoms with Gasteiger partial charge in [-0.15, -0.1) is 11.3 Å². The molecule has 2 rings (SSSR count). The SMILES string of the molecule is CN=C(NCCOc1ccccc1C(C)C)NCc1csc(N(C)C)n1. The zero-order valence-electron chi connectivity index (χ0n) is 16.2. The van der Waals surface area contributed by atoms with Gasteiger partial charge in [-0.3, -0.25) is 4.99 Å². The van der Waals surface area contributed by atoms with Gasteiger partial charge in [-0.25, -0.2) is 4.98 Å². The van der Waals surface area contributed by atoms with Gasteiger partial charge in [0.2, 0.25) is 0 Å². The first-order valence-corrected chi connectivity index (χ1v) is 9.67. The second-order valence-corrected chi connectivity index (χ2v) is 7.25. The van der Waals surface area contributed by atoms with Crippen LogP contribution in [0.3, 0.4) is 0 Å². The van der Waals surface area contributed by atoms with Crippen molar-refractivity contribution in [3.8, 4) is 5.75 Å². The smallest absolute Gasteiger partial charge is 0.191 e. The number of benzene rings is 1. The number of thiazole rings is 1. The van der Waals surface area contributed by atoms with Crippen LogP contribution in [-0.4, -0.2) is 45.2 Å². The first-order chi connectivity index (χ1) is 12.5. The van der Waals surface area contributed by atoms with Crippen LogP contribution in [0.2, 0.25) is 0 Å². The molecule has 0 radical (unpaired) electrons. The Bertz CT molecular complexity index is 711. The van der Waals surface area contributed by atoms with Gasteiger partial charge in [0, 0.05) is 26.5 Å². The minimum Gasteiger partial charge on any atom is -0.491 e. The number of ether oxygens (including phenoxy) is 1. The van der Waals surface area contributed by atoms with E-state index in [1.54, 1.807) is 18.4 Å². The van der Waals surface area contributed by atoms with Crippen LogP contribution in [0.15, 0.2) is 34.6 Å². The van der Waals surface area contributed by atoms with Gasteiger partial charge in [0.15, 0.2) is 11.1 Å². The van der Waals surface area contributed by atoms with Gasteiger partial charge in [0.1, 0.15) is 12.4 Å². The minimum atomic E-state index is 0.443. The molecular weight excluding hydrogens is 346 g/mol. The second kappa shape index (κ2) is 10.0. The largest absolute Gasteiger partial charge is 0.491 e. The Kier molecular flexibility index (Phi) is 7.72. The van der Waals surface area contributed by atoms with E-state index in [0.717, 1.165) is 22.5 Å². The highest BCUT2D eigenvalue weighted by atomic mass is 32.1. The number of aromatic nitrogens is 1. The van der Waals surface area contributed by atoms with E-state index in [9.17, 15) is 0 Å². The molecule has 142 valence electrons. The Morgan fingerprint density at radius 1 is 1.27 bits per heavy atom. The number of hydrogen-bond donors (Lipinski definition) is 2. The average molecular weight is 376 g/mol. The average Bonchev–Trinajstić information content (AvgIpc) is 3.10. The Hall–Kier alpha value is -2.28. The van der Waals surface area contributed by atoms with Crippen LogP contribution in [-0.2, 0) is 6.54 Å². The molecule has 2 N–H and O–H groups in total. The van der Waals surface area contributed by atoms with E-state index in [-0.39, 0.29) is 0 Å². The third kappa shape index (κ3) is 5.91. The highest BCUT2D eigenvalue weighted by molar-refractivity contribution is 7.13. The van der Waals surface area contributed by atoms with E-state index < -0.39 is 0 Å². The number of nitrogens with zero attached hydrogens (tertiary/aromatic N) is 3. The van der Waals surface area contributed by atoms with Crippen molar-refractivity contribution < 1.29 is 4.74 Å². The van der Waals surface area contributed by atoms with Gasteiger partial charge in [-0.1, -0.05) is 32.0 Å². The maximum absolute atomic E-state index is 5.92. The molecule has 0 spiro atoms. The van der Waals surface area contributed by atoms with E-state index in [1.165, 1.54) is 5.56 Å². The zero-order chi connectivity index (χ0) is 18.9. The van der Waals surface area contributed by atoms with Crippen molar-refractivity contribution >= 4 is 22.4 Å². The van der Waals surface area contributed by atoms with Crippen LogP contribution in [0.5, 0.6) is 5.75 Å². The van der Waals surface area contributed by atoms with E-state index in [1.807, 2.05) is 37.2 Å². The molecule has 1 aromatic carbocycles. The molecule has 0 bridgehead atoms. The molecule has 0 amide bonds. The van der Waals surface area contributed by atoms with Crippen molar-refractivity contribution in [1.29, 1.82) is 0 Å². The number of rotatable bonds is 8. The van der Waals surface area contributed by atoms with Crippen molar-refractivity contribution in [2.75, 3.05) is 39.2 Å². The lowest BCUT2D eigenvalue weighted by Gasteiger charge is -2.15. The fourth-order valence-corrected chi connectivity index (χ4v) is 3.16. The van der Waals surface area contributed by atoms with Gasteiger partial charge in [0.25, 0.3) is 0 Å². The van der Waals surface area contributed by atoms with Crippen molar-refractivity contribution in [2.24, 2.45) is 4.99 Å². The number of hydrogen-bond acceptors (Lipinski definition) is 5. The molecule has 26 heavy (non-hydrogen) atoms. The molecule has 0 saturated heterocycles. The van der Waals surface area contributed by atoms with Gasteiger partial charge < -0.3 is 20.3 Å². The summed E-state index contributed by atoms with van der Waals surface area (Å²) in [6, 6.07) is 8.19. The number of anilines is 1. The number of guanidine groups is 1. The lowest BCUT2D eigenvalue weighted by molar-refractivity contribution is 0.317. The first kappa shape index (κ1) is 20.0.